The lowest BCUT2D eigenvalue weighted by Crippen LogP contribution is -2.19. The second kappa shape index (κ2) is 6.91. The fourth-order valence-electron chi connectivity index (χ4n) is 2.27. The fourth-order valence-corrected chi connectivity index (χ4v) is 2.27. The number of rotatable bonds is 5. The number of aromatic nitrogens is 2. The molecule has 0 spiro atoms. The molecule has 1 aromatic heterocycles. The van der Waals surface area contributed by atoms with E-state index in [1.54, 1.807) is 50.6 Å². The van der Waals surface area contributed by atoms with Crippen LogP contribution in [-0.4, -0.2) is 30.4 Å². The van der Waals surface area contributed by atoms with Crippen LogP contribution in [0.4, 0.5) is 10.5 Å². The van der Waals surface area contributed by atoms with Crippen molar-refractivity contribution in [3.8, 4) is 34.3 Å². The van der Waals surface area contributed by atoms with Gasteiger partial charge in [-0.2, -0.15) is 4.98 Å². The van der Waals surface area contributed by atoms with E-state index >= 15 is 0 Å². The van der Waals surface area contributed by atoms with E-state index in [-0.39, 0.29) is 0 Å². The average molecular weight is 340 g/mol. The molecular formula is C17H16N4O4. The Morgan fingerprint density at radius 3 is 2.36 bits per heavy atom. The number of amides is 2. The van der Waals surface area contributed by atoms with E-state index in [4.69, 9.17) is 19.7 Å². The molecule has 3 aromatic rings. The van der Waals surface area contributed by atoms with Crippen molar-refractivity contribution in [1.82, 2.24) is 10.1 Å². The Morgan fingerprint density at radius 2 is 1.72 bits per heavy atom. The summed E-state index contributed by atoms with van der Waals surface area (Å²) in [5.74, 6) is 1.98. The molecule has 8 heteroatoms. The molecule has 3 rings (SSSR count). The number of nitrogens with one attached hydrogen (secondary N) is 1. The van der Waals surface area contributed by atoms with Gasteiger partial charge in [-0.3, -0.25) is 0 Å². The number of benzene rings is 2. The first-order valence-corrected chi connectivity index (χ1v) is 7.33. The maximum atomic E-state index is 10.8. The summed E-state index contributed by atoms with van der Waals surface area (Å²) in [4.78, 5) is 15.2. The third-order valence-electron chi connectivity index (χ3n) is 3.47. The number of primary amides is 1. The summed E-state index contributed by atoms with van der Waals surface area (Å²) in [5.41, 5.74) is 7.11. The molecule has 3 N–H and O–H groups in total. The van der Waals surface area contributed by atoms with Gasteiger partial charge in [-0.25, -0.2) is 4.79 Å². The van der Waals surface area contributed by atoms with Crippen molar-refractivity contribution in [2.24, 2.45) is 5.73 Å². The molecule has 8 nitrogen and oxygen atoms in total. The van der Waals surface area contributed by atoms with Gasteiger partial charge in [0.15, 0.2) is 11.5 Å². The number of carbonyl (C=O) groups is 1. The van der Waals surface area contributed by atoms with Crippen molar-refractivity contribution in [2.75, 3.05) is 19.5 Å². The third-order valence-corrected chi connectivity index (χ3v) is 3.47. The topological polar surface area (TPSA) is 112 Å². The molecule has 0 atom stereocenters. The minimum absolute atomic E-state index is 0.357. The molecule has 1 heterocycles. The Morgan fingerprint density at radius 1 is 1.04 bits per heavy atom. The van der Waals surface area contributed by atoms with E-state index in [0.717, 1.165) is 5.56 Å². The molecule has 25 heavy (non-hydrogen) atoms. The second-order valence-electron chi connectivity index (χ2n) is 5.06. The number of nitrogens with two attached hydrogens (primary N) is 1. The SMILES string of the molecule is COc1ccc(-c2noc(-c3ccc(NC(N)=O)cc3)n2)cc1OC. The Kier molecular flexibility index (Phi) is 4.51. The van der Waals surface area contributed by atoms with Gasteiger partial charge in [0.2, 0.25) is 5.82 Å². The fraction of sp³-hybridized carbons (Fsp3) is 0.118. The number of ether oxygens (including phenoxy) is 2. The van der Waals surface area contributed by atoms with Gasteiger partial charge in [0.05, 0.1) is 14.2 Å². The molecular weight excluding hydrogens is 324 g/mol. The molecule has 2 amide bonds. The largest absolute Gasteiger partial charge is 0.493 e. The highest BCUT2D eigenvalue weighted by Crippen LogP contribution is 2.32. The van der Waals surface area contributed by atoms with Gasteiger partial charge < -0.3 is 25.0 Å². The van der Waals surface area contributed by atoms with Crippen LogP contribution in [0.15, 0.2) is 47.0 Å². The number of urea groups is 1. The van der Waals surface area contributed by atoms with Crippen molar-refractivity contribution in [3.05, 3.63) is 42.5 Å². The van der Waals surface area contributed by atoms with Gasteiger partial charge in [0.1, 0.15) is 0 Å². The summed E-state index contributed by atoms with van der Waals surface area (Å²) >= 11 is 0. The van der Waals surface area contributed by atoms with Gasteiger partial charge in [0, 0.05) is 16.8 Å². The summed E-state index contributed by atoms with van der Waals surface area (Å²) in [7, 11) is 3.13. The first-order chi connectivity index (χ1) is 12.1. The summed E-state index contributed by atoms with van der Waals surface area (Å²) < 4.78 is 15.8. The smallest absolute Gasteiger partial charge is 0.316 e. The van der Waals surface area contributed by atoms with E-state index in [1.165, 1.54) is 0 Å². The van der Waals surface area contributed by atoms with Gasteiger partial charge in [0.25, 0.3) is 5.89 Å². The molecule has 0 saturated carbocycles. The molecule has 0 unspecified atom stereocenters. The van der Waals surface area contributed by atoms with Crippen LogP contribution < -0.4 is 20.5 Å². The lowest BCUT2D eigenvalue weighted by Gasteiger charge is -2.07. The normalized spacial score (nSPS) is 10.3. The van der Waals surface area contributed by atoms with Crippen LogP contribution in [-0.2, 0) is 0 Å². The average Bonchev–Trinajstić information content (AvgIpc) is 3.11. The number of methoxy groups -OCH3 is 2. The molecule has 0 bridgehead atoms. The molecule has 2 aromatic carbocycles. The Balaban J connectivity index is 1.86. The maximum Gasteiger partial charge on any atom is 0.316 e. The highest BCUT2D eigenvalue weighted by atomic mass is 16.5. The summed E-state index contributed by atoms with van der Waals surface area (Å²) in [6.07, 6.45) is 0. The number of nitrogens with zero attached hydrogens (tertiary/aromatic N) is 2. The first-order valence-electron chi connectivity index (χ1n) is 7.33. The van der Waals surface area contributed by atoms with Crippen LogP contribution >= 0.6 is 0 Å². The zero-order chi connectivity index (χ0) is 17.8. The van der Waals surface area contributed by atoms with E-state index in [0.29, 0.717) is 34.5 Å². The van der Waals surface area contributed by atoms with Crippen LogP contribution in [0.1, 0.15) is 0 Å². The van der Waals surface area contributed by atoms with Crippen molar-refractivity contribution in [3.63, 3.8) is 0 Å². The zero-order valence-electron chi connectivity index (χ0n) is 13.6. The van der Waals surface area contributed by atoms with Crippen LogP contribution in [0.5, 0.6) is 11.5 Å². The van der Waals surface area contributed by atoms with Crippen LogP contribution in [0.25, 0.3) is 22.8 Å². The van der Waals surface area contributed by atoms with Crippen molar-refractivity contribution in [2.45, 2.75) is 0 Å². The third kappa shape index (κ3) is 3.52. The minimum Gasteiger partial charge on any atom is -0.493 e. The molecule has 0 fully saturated rings. The lowest BCUT2D eigenvalue weighted by atomic mass is 10.2. The summed E-state index contributed by atoms with van der Waals surface area (Å²) in [6, 6.07) is 11.6. The van der Waals surface area contributed by atoms with E-state index in [1.807, 2.05) is 6.07 Å². The summed E-state index contributed by atoms with van der Waals surface area (Å²) in [5, 5.41) is 6.48. The molecule has 0 aliphatic heterocycles. The number of anilines is 1. The number of hydrogen-bond donors (Lipinski definition) is 2. The molecule has 0 saturated heterocycles. The zero-order valence-corrected chi connectivity index (χ0v) is 13.6. The van der Waals surface area contributed by atoms with E-state index in [2.05, 4.69) is 15.5 Å². The molecule has 128 valence electrons. The Hall–Kier alpha value is -3.55. The van der Waals surface area contributed by atoms with Crippen molar-refractivity contribution < 1.29 is 18.8 Å². The first kappa shape index (κ1) is 16.3. The highest BCUT2D eigenvalue weighted by Gasteiger charge is 2.13. The quantitative estimate of drug-likeness (QED) is 0.738. The number of hydrogen-bond acceptors (Lipinski definition) is 6. The lowest BCUT2D eigenvalue weighted by molar-refractivity contribution is 0.259. The summed E-state index contributed by atoms with van der Waals surface area (Å²) in [6.45, 7) is 0. The number of carbonyl (C=O) groups excluding carboxylic acids is 1. The second-order valence-corrected chi connectivity index (χ2v) is 5.06. The standard InChI is InChI=1S/C17H16N4O4/c1-23-13-8-5-11(9-14(13)24-2)15-20-16(25-21-15)10-3-6-12(7-4-10)19-17(18)22/h3-9H,1-2H3,(H3,18,19,22). The van der Waals surface area contributed by atoms with Gasteiger partial charge in [-0.1, -0.05) is 5.16 Å². The predicted molar refractivity (Wildman–Crippen MR) is 91.5 cm³/mol. The van der Waals surface area contributed by atoms with E-state index in [9.17, 15) is 4.79 Å². The van der Waals surface area contributed by atoms with Crippen LogP contribution in [0, 0.1) is 0 Å². The predicted octanol–water partition coefficient (Wildman–Crippen LogP) is 2.91. The maximum absolute atomic E-state index is 10.8. The molecule has 0 aliphatic carbocycles. The highest BCUT2D eigenvalue weighted by molar-refractivity contribution is 5.88. The molecule has 0 radical (unpaired) electrons. The minimum atomic E-state index is -0.624. The van der Waals surface area contributed by atoms with Gasteiger partial charge in [-0.05, 0) is 42.5 Å². The van der Waals surface area contributed by atoms with Crippen molar-refractivity contribution >= 4 is 11.7 Å². The van der Waals surface area contributed by atoms with Gasteiger partial charge >= 0.3 is 6.03 Å². The van der Waals surface area contributed by atoms with Crippen LogP contribution in [0.3, 0.4) is 0 Å². The Bertz CT molecular complexity index is 890. The van der Waals surface area contributed by atoms with Crippen LogP contribution in [0.2, 0.25) is 0 Å². The molecule has 0 aliphatic rings. The Labute approximate surface area is 143 Å². The van der Waals surface area contributed by atoms with Gasteiger partial charge in [-0.15, -0.1) is 0 Å². The van der Waals surface area contributed by atoms with E-state index < -0.39 is 6.03 Å². The van der Waals surface area contributed by atoms with Crippen molar-refractivity contribution in [1.29, 1.82) is 0 Å². The monoisotopic (exact) mass is 340 g/mol.